The number of ketones is 1. The maximum atomic E-state index is 10.2. The third kappa shape index (κ3) is 6.11. The van der Waals surface area contributed by atoms with Gasteiger partial charge in [-0.1, -0.05) is 0 Å². The summed E-state index contributed by atoms with van der Waals surface area (Å²) in [5, 5.41) is 0. The number of methoxy groups -OCH3 is 1. The van der Waals surface area contributed by atoms with E-state index in [4.69, 9.17) is 0 Å². The zero-order chi connectivity index (χ0) is 7.28. The van der Waals surface area contributed by atoms with E-state index in [-0.39, 0.29) is 44.3 Å². The van der Waals surface area contributed by atoms with Crippen molar-refractivity contribution >= 4 is 12.1 Å². The minimum atomic E-state index is -0.227. The summed E-state index contributed by atoms with van der Waals surface area (Å²) in [7, 11) is 1.31. The second-order valence-corrected chi connectivity index (χ2v) is 1.43. The van der Waals surface area contributed by atoms with Gasteiger partial charge in [-0.05, 0) is 12.7 Å². The van der Waals surface area contributed by atoms with Crippen molar-refractivity contribution < 1.29 is 47.0 Å². The second kappa shape index (κ2) is 7.10. The molecule has 0 saturated carbocycles. The predicted octanol–water partition coefficient (Wildman–Crippen LogP) is 0.213. The largest absolute Gasteiger partial charge is 0.531 e. The van der Waals surface area contributed by atoms with Gasteiger partial charge in [0, 0.05) is 39.0 Å². The molecule has 0 atom stereocenters. The van der Waals surface area contributed by atoms with Gasteiger partial charge in [0.2, 0.25) is 0 Å². The van der Waals surface area contributed by atoms with E-state index in [0.29, 0.717) is 0 Å². The van der Waals surface area contributed by atoms with Crippen LogP contribution < -0.4 is 0 Å². The Labute approximate surface area is 84.7 Å². The van der Waals surface area contributed by atoms with Gasteiger partial charge in [-0.2, -0.15) is 0 Å². The van der Waals surface area contributed by atoms with Crippen LogP contribution in [0, 0.1) is 0 Å². The molecule has 4 heteroatoms. The SMILES string of the molecule is CO/C([C-]=O)=C\C(C)=O.[Y]. The molecule has 3 nitrogen and oxygen atoms in total. The smallest absolute Gasteiger partial charge is 0.0766 e. The van der Waals surface area contributed by atoms with Crippen LogP contribution in [0.1, 0.15) is 6.92 Å². The van der Waals surface area contributed by atoms with Crippen molar-refractivity contribution in [1.82, 2.24) is 0 Å². The minimum Gasteiger partial charge on any atom is -0.531 e. The van der Waals surface area contributed by atoms with Crippen LogP contribution in [-0.2, 0) is 47.0 Å². The molecule has 0 bridgehead atoms. The summed E-state index contributed by atoms with van der Waals surface area (Å²) in [6.07, 6.45) is 2.53. The first-order valence-electron chi connectivity index (χ1n) is 2.35. The van der Waals surface area contributed by atoms with Gasteiger partial charge in [0.1, 0.15) is 0 Å². The van der Waals surface area contributed by atoms with Crippen LogP contribution in [0.3, 0.4) is 0 Å². The standard InChI is InChI=1S/C6H7O3.Y/c1-5(8)3-6(4-7)9-2;/h3H,1-2H3;/q-1;/b6-3-;. The zero-order valence-corrected chi connectivity index (χ0v) is 8.72. The van der Waals surface area contributed by atoms with Crippen LogP contribution in [0.5, 0.6) is 0 Å². The molecule has 53 valence electrons. The molecule has 0 aromatic heterocycles. The summed E-state index contributed by atoms with van der Waals surface area (Å²) in [6, 6.07) is 0. The number of carbonyl (C=O) groups is 1. The number of ether oxygens (including phenoxy) is 1. The molecule has 0 aromatic rings. The Kier molecular flexibility index (Phi) is 8.97. The number of hydrogen-bond donors (Lipinski definition) is 0. The van der Waals surface area contributed by atoms with E-state index < -0.39 is 0 Å². The molecule has 0 fully saturated rings. The van der Waals surface area contributed by atoms with E-state index in [2.05, 4.69) is 4.74 Å². The third-order valence-electron chi connectivity index (χ3n) is 0.655. The van der Waals surface area contributed by atoms with E-state index in [1.165, 1.54) is 20.3 Å². The van der Waals surface area contributed by atoms with Crippen LogP contribution in [0.25, 0.3) is 0 Å². The maximum Gasteiger partial charge on any atom is 0.0766 e. The van der Waals surface area contributed by atoms with Crippen molar-refractivity contribution in [2.75, 3.05) is 7.11 Å². The van der Waals surface area contributed by atoms with Gasteiger partial charge in [-0.25, -0.2) is 0 Å². The van der Waals surface area contributed by atoms with E-state index in [1.807, 2.05) is 0 Å². The van der Waals surface area contributed by atoms with Gasteiger partial charge in [-0.15, -0.1) is 6.08 Å². The molecular weight excluding hydrogens is 209 g/mol. The topological polar surface area (TPSA) is 43.4 Å². The fourth-order valence-electron chi connectivity index (χ4n) is 0.315. The molecular formula is C6H7O3Y-. The molecule has 0 saturated heterocycles. The first-order valence-corrected chi connectivity index (χ1v) is 2.35. The molecule has 0 rings (SSSR count). The predicted molar refractivity (Wildman–Crippen MR) is 31.5 cm³/mol. The average Bonchev–Trinajstić information content (AvgIpc) is 1.82. The summed E-state index contributed by atoms with van der Waals surface area (Å²) in [6.45, 7) is 1.33. The second-order valence-electron chi connectivity index (χ2n) is 1.43. The molecule has 0 aliphatic rings. The molecule has 1 radical (unpaired) electrons. The molecule has 0 aromatic carbocycles. The van der Waals surface area contributed by atoms with E-state index in [9.17, 15) is 9.59 Å². The van der Waals surface area contributed by atoms with Gasteiger partial charge >= 0.3 is 0 Å². The first kappa shape index (κ1) is 12.6. The van der Waals surface area contributed by atoms with Crippen molar-refractivity contribution in [3.05, 3.63) is 11.8 Å². The number of carbonyl (C=O) groups excluding carboxylic acids is 2. The Balaban J connectivity index is 0. The Hall–Kier alpha value is -0.0161. The molecule has 0 aliphatic heterocycles. The number of allylic oxidation sites excluding steroid dienone is 2. The number of rotatable bonds is 3. The minimum absolute atomic E-state index is 0. The van der Waals surface area contributed by atoms with Gasteiger partial charge < -0.3 is 14.3 Å². The molecule has 0 amide bonds. The maximum absolute atomic E-state index is 10.2. The van der Waals surface area contributed by atoms with Gasteiger partial charge in [-0.3, -0.25) is 0 Å². The van der Waals surface area contributed by atoms with Gasteiger partial charge in [0.15, 0.2) is 0 Å². The molecule has 0 heterocycles. The Morgan fingerprint density at radius 3 is 2.20 bits per heavy atom. The van der Waals surface area contributed by atoms with Crippen LogP contribution >= 0.6 is 0 Å². The van der Waals surface area contributed by atoms with Crippen molar-refractivity contribution in [3.63, 3.8) is 0 Å². The van der Waals surface area contributed by atoms with Crippen molar-refractivity contribution in [2.24, 2.45) is 0 Å². The van der Waals surface area contributed by atoms with Gasteiger partial charge in [0.05, 0.1) is 12.9 Å². The summed E-state index contributed by atoms with van der Waals surface area (Å²) in [4.78, 5) is 20.0. The van der Waals surface area contributed by atoms with Crippen LogP contribution in [-0.4, -0.2) is 19.2 Å². The molecule has 0 unspecified atom stereocenters. The van der Waals surface area contributed by atoms with Crippen molar-refractivity contribution in [2.45, 2.75) is 6.92 Å². The molecule has 10 heavy (non-hydrogen) atoms. The van der Waals surface area contributed by atoms with E-state index in [0.717, 1.165) is 6.08 Å². The summed E-state index contributed by atoms with van der Waals surface area (Å²) in [5.41, 5.74) is 0. The average molecular weight is 216 g/mol. The summed E-state index contributed by atoms with van der Waals surface area (Å²) < 4.78 is 4.43. The Morgan fingerprint density at radius 2 is 2.10 bits per heavy atom. The summed E-state index contributed by atoms with van der Waals surface area (Å²) >= 11 is 0. The van der Waals surface area contributed by atoms with Crippen molar-refractivity contribution in [1.29, 1.82) is 0 Å². The Morgan fingerprint density at radius 1 is 1.60 bits per heavy atom. The van der Waals surface area contributed by atoms with Crippen LogP contribution in [0.15, 0.2) is 11.8 Å². The van der Waals surface area contributed by atoms with Gasteiger partial charge in [0.25, 0.3) is 0 Å². The molecule has 0 spiro atoms. The fourth-order valence-corrected chi connectivity index (χ4v) is 0.315. The van der Waals surface area contributed by atoms with E-state index in [1.54, 1.807) is 0 Å². The Bertz CT molecular complexity index is 151. The normalized spacial score (nSPS) is 9.60. The first-order chi connectivity index (χ1) is 4.20. The van der Waals surface area contributed by atoms with Crippen LogP contribution in [0.4, 0.5) is 0 Å². The monoisotopic (exact) mass is 216 g/mol. The fraction of sp³-hybridized carbons (Fsp3) is 0.333. The van der Waals surface area contributed by atoms with Crippen molar-refractivity contribution in [3.8, 4) is 0 Å². The number of hydrogen-bond acceptors (Lipinski definition) is 3. The molecule has 0 N–H and O–H groups in total. The van der Waals surface area contributed by atoms with E-state index >= 15 is 0 Å². The molecule has 0 aliphatic carbocycles. The quantitative estimate of drug-likeness (QED) is 0.385. The third-order valence-corrected chi connectivity index (χ3v) is 0.655. The zero-order valence-electron chi connectivity index (χ0n) is 5.88. The summed E-state index contributed by atoms with van der Waals surface area (Å²) in [5.74, 6) is -0.294. The van der Waals surface area contributed by atoms with Crippen LogP contribution in [0.2, 0.25) is 0 Å².